The number of pyridine rings is 2. The van der Waals surface area contributed by atoms with Crippen LogP contribution in [-0.4, -0.2) is 9.97 Å². The van der Waals surface area contributed by atoms with Gasteiger partial charge in [0.25, 0.3) is 0 Å². The van der Waals surface area contributed by atoms with Crippen LogP contribution in [0.15, 0.2) is 150 Å². The van der Waals surface area contributed by atoms with Crippen molar-refractivity contribution in [2.75, 3.05) is 0 Å². The van der Waals surface area contributed by atoms with Crippen molar-refractivity contribution in [2.45, 2.75) is 5.41 Å². The molecule has 0 amide bonds. The topological polar surface area (TPSA) is 38.9 Å². The molecule has 0 saturated carbocycles. The van der Waals surface area contributed by atoms with Crippen LogP contribution in [0.2, 0.25) is 0 Å². The molecule has 0 aliphatic heterocycles. The van der Waals surface area contributed by atoms with Crippen molar-refractivity contribution in [1.29, 1.82) is 0 Å². The Bertz CT molecular complexity index is 2410. The highest BCUT2D eigenvalue weighted by Crippen LogP contribution is 2.63. The van der Waals surface area contributed by atoms with Crippen LogP contribution in [0.25, 0.3) is 66.7 Å². The third kappa shape index (κ3) is 2.96. The molecule has 44 heavy (non-hydrogen) atoms. The SMILES string of the molecule is c1ccc(-c2ccc3c(c2)C2(c4ccccc4-c4ccccc42)c2cc(-c4nccc5c4oc4ccccc45)ccc2-3)nc1. The van der Waals surface area contributed by atoms with Gasteiger partial charge in [-0.25, -0.2) is 0 Å². The summed E-state index contributed by atoms with van der Waals surface area (Å²) in [5, 5.41) is 2.19. The van der Waals surface area contributed by atoms with Gasteiger partial charge < -0.3 is 4.42 Å². The number of benzene rings is 5. The zero-order valence-corrected chi connectivity index (χ0v) is 23.7. The maximum absolute atomic E-state index is 6.44. The first-order valence-corrected chi connectivity index (χ1v) is 15.0. The van der Waals surface area contributed by atoms with Gasteiger partial charge in [-0.3, -0.25) is 9.97 Å². The zero-order chi connectivity index (χ0) is 28.8. The Morgan fingerprint density at radius 2 is 1.09 bits per heavy atom. The quantitative estimate of drug-likeness (QED) is 0.211. The number of para-hydroxylation sites is 1. The van der Waals surface area contributed by atoms with Gasteiger partial charge in [0.2, 0.25) is 0 Å². The third-order valence-corrected chi connectivity index (χ3v) is 9.62. The summed E-state index contributed by atoms with van der Waals surface area (Å²) in [6.07, 6.45) is 3.77. The fourth-order valence-corrected chi connectivity index (χ4v) is 7.84. The third-order valence-electron chi connectivity index (χ3n) is 9.62. The Morgan fingerprint density at radius 3 is 1.84 bits per heavy atom. The normalized spacial score (nSPS) is 13.6. The van der Waals surface area contributed by atoms with Gasteiger partial charge in [0.1, 0.15) is 11.3 Å². The van der Waals surface area contributed by atoms with Crippen LogP contribution < -0.4 is 0 Å². The zero-order valence-electron chi connectivity index (χ0n) is 23.7. The number of hydrogen-bond acceptors (Lipinski definition) is 3. The lowest BCUT2D eigenvalue weighted by atomic mass is 9.70. The lowest BCUT2D eigenvalue weighted by Gasteiger charge is -2.31. The summed E-state index contributed by atoms with van der Waals surface area (Å²) in [5.41, 5.74) is 15.5. The molecule has 10 rings (SSSR count). The van der Waals surface area contributed by atoms with E-state index in [1.807, 2.05) is 30.6 Å². The van der Waals surface area contributed by atoms with E-state index in [1.54, 1.807) is 0 Å². The molecule has 3 nitrogen and oxygen atoms in total. The Kier molecular flexibility index (Phi) is 4.65. The number of fused-ring (bicyclic) bond motifs is 13. The first-order valence-electron chi connectivity index (χ1n) is 15.0. The molecule has 8 aromatic rings. The van der Waals surface area contributed by atoms with E-state index in [9.17, 15) is 0 Å². The van der Waals surface area contributed by atoms with Crippen LogP contribution in [0.4, 0.5) is 0 Å². The number of furan rings is 1. The van der Waals surface area contributed by atoms with E-state index in [-0.39, 0.29) is 0 Å². The summed E-state index contributed by atoms with van der Waals surface area (Å²) >= 11 is 0. The van der Waals surface area contributed by atoms with Crippen LogP contribution in [0.5, 0.6) is 0 Å². The monoisotopic (exact) mass is 560 g/mol. The van der Waals surface area contributed by atoms with E-state index >= 15 is 0 Å². The van der Waals surface area contributed by atoms with E-state index in [2.05, 4.69) is 115 Å². The van der Waals surface area contributed by atoms with Crippen molar-refractivity contribution in [3.63, 3.8) is 0 Å². The molecule has 3 aromatic heterocycles. The van der Waals surface area contributed by atoms with E-state index in [0.29, 0.717) is 0 Å². The first-order chi connectivity index (χ1) is 21.8. The molecule has 0 radical (unpaired) electrons. The second kappa shape index (κ2) is 8.62. The maximum atomic E-state index is 6.44. The molecule has 2 aliphatic carbocycles. The fourth-order valence-electron chi connectivity index (χ4n) is 7.84. The van der Waals surface area contributed by atoms with Gasteiger partial charge in [-0.15, -0.1) is 0 Å². The summed E-state index contributed by atoms with van der Waals surface area (Å²) in [7, 11) is 0. The van der Waals surface area contributed by atoms with Crippen LogP contribution in [0.3, 0.4) is 0 Å². The smallest absolute Gasteiger partial charge is 0.161 e. The van der Waals surface area contributed by atoms with Crippen molar-refractivity contribution < 1.29 is 4.42 Å². The van der Waals surface area contributed by atoms with Crippen LogP contribution in [-0.2, 0) is 5.41 Å². The minimum atomic E-state index is -0.472. The fraction of sp³-hybridized carbons (Fsp3) is 0.0244. The lowest BCUT2D eigenvalue weighted by molar-refractivity contribution is 0.668. The predicted molar refractivity (Wildman–Crippen MR) is 176 cm³/mol. The van der Waals surface area contributed by atoms with E-state index in [1.165, 1.54) is 44.5 Å². The second-order valence-corrected chi connectivity index (χ2v) is 11.7. The summed E-state index contributed by atoms with van der Waals surface area (Å²) in [5.74, 6) is 0. The molecule has 0 bridgehead atoms. The summed E-state index contributed by atoms with van der Waals surface area (Å²) < 4.78 is 6.44. The standard InChI is InChI=1S/C41H24N2O/c1-4-12-33-27(9-1)28-10-2-5-13-34(28)41(33)35-23-25(37-14-7-8-21-42-37)16-18-29(35)30-19-17-26(24-36(30)41)39-40-32(20-22-43-39)31-11-3-6-15-38(31)44-40/h1-24H. The van der Waals surface area contributed by atoms with E-state index in [0.717, 1.165) is 44.5 Å². The minimum absolute atomic E-state index is 0.472. The highest BCUT2D eigenvalue weighted by atomic mass is 16.3. The van der Waals surface area contributed by atoms with Gasteiger partial charge in [-0.05, 0) is 80.9 Å². The Morgan fingerprint density at radius 1 is 0.455 bits per heavy atom. The van der Waals surface area contributed by atoms with E-state index in [4.69, 9.17) is 14.4 Å². The molecule has 0 N–H and O–H groups in total. The summed E-state index contributed by atoms with van der Waals surface area (Å²) in [4.78, 5) is 9.61. The number of aromatic nitrogens is 2. The first kappa shape index (κ1) is 23.7. The molecule has 0 unspecified atom stereocenters. The average molecular weight is 561 g/mol. The molecule has 2 aliphatic rings. The van der Waals surface area contributed by atoms with Crippen molar-refractivity contribution >= 4 is 21.9 Å². The second-order valence-electron chi connectivity index (χ2n) is 11.7. The van der Waals surface area contributed by atoms with Crippen molar-refractivity contribution in [3.8, 4) is 44.8 Å². The maximum Gasteiger partial charge on any atom is 0.161 e. The number of nitrogens with zero attached hydrogens (tertiary/aromatic N) is 2. The number of hydrogen-bond donors (Lipinski definition) is 0. The van der Waals surface area contributed by atoms with Gasteiger partial charge in [0, 0.05) is 34.3 Å². The lowest BCUT2D eigenvalue weighted by Crippen LogP contribution is -2.26. The van der Waals surface area contributed by atoms with Crippen molar-refractivity contribution in [3.05, 3.63) is 168 Å². The Balaban J connectivity index is 1.30. The highest BCUT2D eigenvalue weighted by Gasteiger charge is 2.51. The molecule has 0 atom stereocenters. The van der Waals surface area contributed by atoms with Crippen LogP contribution in [0.1, 0.15) is 22.3 Å². The highest BCUT2D eigenvalue weighted by molar-refractivity contribution is 6.09. The van der Waals surface area contributed by atoms with Crippen molar-refractivity contribution in [1.82, 2.24) is 9.97 Å². The summed E-state index contributed by atoms with van der Waals surface area (Å²) in [6.45, 7) is 0. The van der Waals surface area contributed by atoms with Crippen molar-refractivity contribution in [2.24, 2.45) is 0 Å². The predicted octanol–water partition coefficient (Wildman–Crippen LogP) is 10.1. The summed E-state index contributed by atoms with van der Waals surface area (Å²) in [6, 6.07) is 47.9. The molecule has 0 saturated heterocycles. The molecule has 5 aromatic carbocycles. The van der Waals surface area contributed by atoms with Gasteiger partial charge in [0.15, 0.2) is 5.58 Å². The average Bonchev–Trinajstić information content (AvgIpc) is 3.72. The minimum Gasteiger partial charge on any atom is -0.454 e. The van der Waals surface area contributed by atoms with Gasteiger partial charge in [-0.2, -0.15) is 0 Å². The van der Waals surface area contributed by atoms with Gasteiger partial charge in [-0.1, -0.05) is 97.1 Å². The van der Waals surface area contributed by atoms with Gasteiger partial charge in [0.05, 0.1) is 11.1 Å². The molecule has 3 heterocycles. The molecule has 3 heteroatoms. The van der Waals surface area contributed by atoms with Crippen LogP contribution >= 0.6 is 0 Å². The van der Waals surface area contributed by atoms with Crippen LogP contribution in [0, 0.1) is 0 Å². The largest absolute Gasteiger partial charge is 0.454 e. The molecular formula is C41H24N2O. The molecule has 204 valence electrons. The molecule has 0 fully saturated rings. The van der Waals surface area contributed by atoms with E-state index < -0.39 is 5.41 Å². The molecule has 1 spiro atoms. The molecular weight excluding hydrogens is 536 g/mol. The van der Waals surface area contributed by atoms with Gasteiger partial charge >= 0.3 is 0 Å². The Hall–Kier alpha value is -5.80. The Labute approximate surface area is 254 Å². The number of rotatable bonds is 2.